The molecule has 0 atom stereocenters. The Hall–Kier alpha value is -0.0800. The van der Waals surface area contributed by atoms with Gasteiger partial charge in [-0.3, -0.25) is 0 Å². The van der Waals surface area contributed by atoms with Gasteiger partial charge in [0.1, 0.15) is 0 Å². The summed E-state index contributed by atoms with van der Waals surface area (Å²) in [5.74, 6) is 0.759. The Morgan fingerprint density at radius 1 is 1.12 bits per heavy atom. The molecule has 0 unspecified atom stereocenters. The first-order chi connectivity index (χ1) is 7.99. The Morgan fingerprint density at radius 3 is 2.12 bits per heavy atom. The fourth-order valence-corrected chi connectivity index (χ4v) is 2.57. The molecule has 2 nitrogen and oxygen atoms in total. The van der Waals surface area contributed by atoms with E-state index < -0.39 is 0 Å². The van der Waals surface area contributed by atoms with Gasteiger partial charge in [-0.15, -0.1) is 0 Å². The van der Waals surface area contributed by atoms with Crippen molar-refractivity contribution in [3.63, 3.8) is 0 Å². The second kappa shape index (κ2) is 8.93. The highest BCUT2D eigenvalue weighted by atomic mass is 15.1. The highest BCUT2D eigenvalue weighted by molar-refractivity contribution is 4.82. The highest BCUT2D eigenvalue weighted by Crippen LogP contribution is 2.26. The van der Waals surface area contributed by atoms with Gasteiger partial charge in [-0.2, -0.15) is 0 Å². The minimum atomic E-state index is 0.457. The molecule has 104 valence electrons. The summed E-state index contributed by atoms with van der Waals surface area (Å²) in [4.78, 5) is 2.51. The van der Waals surface area contributed by atoms with Crippen molar-refractivity contribution in [3.8, 4) is 0 Å². The summed E-state index contributed by atoms with van der Waals surface area (Å²) in [5, 5.41) is 3.61. The molecule has 0 aliphatic heterocycles. The first-order valence-corrected chi connectivity index (χ1v) is 7.39. The van der Waals surface area contributed by atoms with Crippen molar-refractivity contribution < 1.29 is 0 Å². The maximum atomic E-state index is 3.61. The molecule has 0 aliphatic rings. The van der Waals surface area contributed by atoms with Crippen molar-refractivity contribution >= 4 is 0 Å². The van der Waals surface area contributed by atoms with Crippen LogP contribution in [0.5, 0.6) is 0 Å². The third kappa shape index (κ3) is 7.05. The molecule has 0 saturated heterocycles. The lowest BCUT2D eigenvalue weighted by Gasteiger charge is -2.36. The summed E-state index contributed by atoms with van der Waals surface area (Å²) in [6.07, 6.45) is 3.76. The molecule has 0 amide bonds. The Labute approximate surface area is 109 Å². The molecule has 0 aromatic rings. The van der Waals surface area contributed by atoms with Crippen molar-refractivity contribution in [2.45, 2.75) is 53.9 Å². The van der Waals surface area contributed by atoms with Gasteiger partial charge in [0.2, 0.25) is 0 Å². The quantitative estimate of drug-likeness (QED) is 0.591. The molecule has 2 heteroatoms. The number of rotatable bonds is 10. The van der Waals surface area contributed by atoms with Crippen LogP contribution in [0.2, 0.25) is 0 Å². The van der Waals surface area contributed by atoms with E-state index in [4.69, 9.17) is 0 Å². The zero-order valence-corrected chi connectivity index (χ0v) is 13.0. The predicted octanol–water partition coefficient (Wildman–Crippen LogP) is 3.38. The second-order valence-electron chi connectivity index (χ2n) is 5.97. The van der Waals surface area contributed by atoms with Crippen molar-refractivity contribution in [2.75, 3.05) is 33.2 Å². The Bertz CT molecular complexity index is 174. The summed E-state index contributed by atoms with van der Waals surface area (Å²) in [6, 6.07) is 0. The molecule has 0 radical (unpaired) electrons. The van der Waals surface area contributed by atoms with E-state index in [1.165, 1.54) is 32.4 Å². The van der Waals surface area contributed by atoms with Gasteiger partial charge in [0.05, 0.1) is 0 Å². The summed E-state index contributed by atoms with van der Waals surface area (Å²) in [6.45, 7) is 16.2. The molecular weight excluding hydrogens is 208 g/mol. The first-order valence-electron chi connectivity index (χ1n) is 7.39. The normalized spacial score (nSPS) is 12.7. The van der Waals surface area contributed by atoms with Gasteiger partial charge in [0, 0.05) is 19.6 Å². The summed E-state index contributed by atoms with van der Waals surface area (Å²) in [7, 11) is 2.26. The third-order valence-corrected chi connectivity index (χ3v) is 3.71. The SMILES string of the molecule is CCCNCC(CC)(CC)CN(C)CC(C)C. The van der Waals surface area contributed by atoms with Gasteiger partial charge in [0.15, 0.2) is 0 Å². The molecule has 0 fully saturated rings. The average Bonchev–Trinajstić information content (AvgIpc) is 2.27. The smallest absolute Gasteiger partial charge is 0.00470 e. The fourth-order valence-electron chi connectivity index (χ4n) is 2.57. The minimum absolute atomic E-state index is 0.457. The Morgan fingerprint density at radius 2 is 1.71 bits per heavy atom. The molecule has 0 aliphatic carbocycles. The van der Waals surface area contributed by atoms with Gasteiger partial charge < -0.3 is 10.2 Å². The number of nitrogens with zero attached hydrogens (tertiary/aromatic N) is 1. The molecule has 0 spiro atoms. The monoisotopic (exact) mass is 242 g/mol. The molecule has 17 heavy (non-hydrogen) atoms. The van der Waals surface area contributed by atoms with Gasteiger partial charge in [-0.05, 0) is 44.2 Å². The predicted molar refractivity (Wildman–Crippen MR) is 78.5 cm³/mol. The molecule has 0 aromatic heterocycles. The van der Waals surface area contributed by atoms with Crippen LogP contribution in [-0.4, -0.2) is 38.1 Å². The molecule has 0 saturated carbocycles. The fraction of sp³-hybridized carbons (Fsp3) is 1.00. The number of hydrogen-bond donors (Lipinski definition) is 1. The van der Waals surface area contributed by atoms with E-state index in [0.29, 0.717) is 5.41 Å². The molecule has 0 heterocycles. The number of hydrogen-bond acceptors (Lipinski definition) is 2. The standard InChI is InChI=1S/C15H34N2/c1-7-10-16-12-15(8-2,9-3)13-17(6)11-14(4)5/h14,16H,7-13H2,1-6H3. The first kappa shape index (κ1) is 16.9. The second-order valence-corrected chi connectivity index (χ2v) is 5.97. The van der Waals surface area contributed by atoms with E-state index in [1.807, 2.05) is 0 Å². The molecule has 0 rings (SSSR count). The van der Waals surface area contributed by atoms with E-state index in [1.54, 1.807) is 0 Å². The Balaban J connectivity index is 4.27. The van der Waals surface area contributed by atoms with Crippen LogP contribution in [0.4, 0.5) is 0 Å². The molecule has 0 bridgehead atoms. The van der Waals surface area contributed by atoms with E-state index in [2.05, 4.69) is 51.9 Å². The van der Waals surface area contributed by atoms with Crippen molar-refractivity contribution in [2.24, 2.45) is 11.3 Å². The van der Waals surface area contributed by atoms with Crippen LogP contribution >= 0.6 is 0 Å². The van der Waals surface area contributed by atoms with Crippen LogP contribution in [0.3, 0.4) is 0 Å². The zero-order valence-electron chi connectivity index (χ0n) is 13.0. The third-order valence-electron chi connectivity index (χ3n) is 3.71. The van der Waals surface area contributed by atoms with Gasteiger partial charge in [0.25, 0.3) is 0 Å². The van der Waals surface area contributed by atoms with Crippen LogP contribution in [0.15, 0.2) is 0 Å². The summed E-state index contributed by atoms with van der Waals surface area (Å²) >= 11 is 0. The van der Waals surface area contributed by atoms with Crippen LogP contribution in [-0.2, 0) is 0 Å². The maximum absolute atomic E-state index is 3.61. The Kier molecular flexibility index (Phi) is 8.89. The van der Waals surface area contributed by atoms with Crippen LogP contribution in [0.1, 0.15) is 53.9 Å². The van der Waals surface area contributed by atoms with Crippen molar-refractivity contribution in [3.05, 3.63) is 0 Å². The lowest BCUT2D eigenvalue weighted by molar-refractivity contribution is 0.146. The lowest BCUT2D eigenvalue weighted by atomic mass is 9.81. The van der Waals surface area contributed by atoms with Crippen molar-refractivity contribution in [1.29, 1.82) is 0 Å². The number of nitrogens with one attached hydrogen (secondary N) is 1. The van der Waals surface area contributed by atoms with E-state index in [0.717, 1.165) is 19.0 Å². The minimum Gasteiger partial charge on any atom is -0.316 e. The van der Waals surface area contributed by atoms with Gasteiger partial charge >= 0.3 is 0 Å². The maximum Gasteiger partial charge on any atom is 0.00470 e. The summed E-state index contributed by atoms with van der Waals surface area (Å²) < 4.78 is 0. The zero-order chi connectivity index (χ0) is 13.3. The topological polar surface area (TPSA) is 15.3 Å². The highest BCUT2D eigenvalue weighted by Gasteiger charge is 2.27. The largest absolute Gasteiger partial charge is 0.316 e. The van der Waals surface area contributed by atoms with Crippen LogP contribution in [0.25, 0.3) is 0 Å². The lowest BCUT2D eigenvalue weighted by Crippen LogP contribution is -2.43. The van der Waals surface area contributed by atoms with Crippen molar-refractivity contribution in [1.82, 2.24) is 10.2 Å². The van der Waals surface area contributed by atoms with Gasteiger partial charge in [-0.25, -0.2) is 0 Å². The molecule has 0 aromatic carbocycles. The molecular formula is C15H34N2. The van der Waals surface area contributed by atoms with E-state index in [9.17, 15) is 0 Å². The molecule has 1 N–H and O–H groups in total. The van der Waals surface area contributed by atoms with Crippen LogP contribution < -0.4 is 5.32 Å². The van der Waals surface area contributed by atoms with Crippen LogP contribution in [0, 0.1) is 11.3 Å². The average molecular weight is 242 g/mol. The van der Waals surface area contributed by atoms with Gasteiger partial charge in [-0.1, -0.05) is 34.6 Å². The van der Waals surface area contributed by atoms with E-state index >= 15 is 0 Å². The summed E-state index contributed by atoms with van der Waals surface area (Å²) in [5.41, 5.74) is 0.457. The van der Waals surface area contributed by atoms with E-state index in [-0.39, 0.29) is 0 Å².